The van der Waals surface area contributed by atoms with Crippen LogP contribution in [-0.4, -0.2) is 22.9 Å². The molecular weight excluding hydrogens is 198 g/mol. The second kappa shape index (κ2) is 4.66. The van der Waals surface area contributed by atoms with Crippen LogP contribution in [0.4, 0.5) is 0 Å². The van der Waals surface area contributed by atoms with Gasteiger partial charge in [0.2, 0.25) is 0 Å². The molecule has 2 aromatic rings. The van der Waals surface area contributed by atoms with Crippen LogP contribution < -0.4 is 5.32 Å². The van der Waals surface area contributed by atoms with E-state index in [1.807, 2.05) is 19.3 Å². The maximum atomic E-state index is 4.44. The van der Waals surface area contributed by atoms with E-state index in [9.17, 15) is 0 Å². The number of para-hydroxylation sites is 1. The predicted octanol–water partition coefficient (Wildman–Crippen LogP) is 2.28. The molecule has 3 heteroatoms. The SMILES string of the molecule is CNC(Cn1ncc2ccccc21)C(C)C. The quantitative estimate of drug-likeness (QED) is 0.851. The Morgan fingerprint density at radius 2 is 2.06 bits per heavy atom. The zero-order valence-corrected chi connectivity index (χ0v) is 10.1. The summed E-state index contributed by atoms with van der Waals surface area (Å²) in [5.74, 6) is 0.605. The first-order valence-electron chi connectivity index (χ1n) is 5.80. The van der Waals surface area contributed by atoms with Crippen molar-refractivity contribution in [2.45, 2.75) is 26.4 Å². The first kappa shape index (κ1) is 11.1. The first-order chi connectivity index (χ1) is 7.72. The van der Waals surface area contributed by atoms with Crippen molar-refractivity contribution >= 4 is 10.9 Å². The fourth-order valence-corrected chi connectivity index (χ4v) is 1.99. The number of fused-ring (bicyclic) bond motifs is 1. The molecule has 2 rings (SSSR count). The Balaban J connectivity index is 2.27. The van der Waals surface area contributed by atoms with Crippen molar-refractivity contribution in [1.29, 1.82) is 0 Å². The van der Waals surface area contributed by atoms with Crippen molar-refractivity contribution in [1.82, 2.24) is 15.1 Å². The van der Waals surface area contributed by atoms with E-state index >= 15 is 0 Å². The molecule has 1 aromatic heterocycles. The van der Waals surface area contributed by atoms with Crippen LogP contribution in [0.2, 0.25) is 0 Å². The van der Waals surface area contributed by atoms with Crippen molar-refractivity contribution in [3.05, 3.63) is 30.5 Å². The molecule has 1 heterocycles. The van der Waals surface area contributed by atoms with E-state index in [4.69, 9.17) is 0 Å². The lowest BCUT2D eigenvalue weighted by atomic mass is 10.1. The summed E-state index contributed by atoms with van der Waals surface area (Å²) in [6.07, 6.45) is 1.93. The third-order valence-corrected chi connectivity index (χ3v) is 3.10. The third-order valence-electron chi connectivity index (χ3n) is 3.10. The Morgan fingerprint density at radius 1 is 1.31 bits per heavy atom. The number of hydrogen-bond acceptors (Lipinski definition) is 2. The van der Waals surface area contributed by atoms with Gasteiger partial charge < -0.3 is 5.32 Å². The van der Waals surface area contributed by atoms with Crippen LogP contribution in [0.3, 0.4) is 0 Å². The molecule has 86 valence electrons. The van der Waals surface area contributed by atoms with Crippen LogP contribution in [0.1, 0.15) is 13.8 Å². The molecule has 0 bridgehead atoms. The minimum absolute atomic E-state index is 0.461. The van der Waals surface area contributed by atoms with Gasteiger partial charge in [-0.1, -0.05) is 32.0 Å². The van der Waals surface area contributed by atoms with Crippen LogP contribution in [0.5, 0.6) is 0 Å². The predicted molar refractivity (Wildman–Crippen MR) is 67.4 cm³/mol. The molecule has 0 aliphatic heterocycles. The Hall–Kier alpha value is -1.35. The highest BCUT2D eigenvalue weighted by Gasteiger charge is 2.13. The summed E-state index contributed by atoms with van der Waals surface area (Å²) in [7, 11) is 2.01. The second-order valence-electron chi connectivity index (χ2n) is 4.52. The van der Waals surface area contributed by atoms with Crippen LogP contribution in [-0.2, 0) is 6.54 Å². The summed E-state index contributed by atoms with van der Waals surface area (Å²) >= 11 is 0. The van der Waals surface area contributed by atoms with Crippen molar-refractivity contribution in [3.8, 4) is 0 Å². The second-order valence-corrected chi connectivity index (χ2v) is 4.52. The number of hydrogen-bond donors (Lipinski definition) is 1. The van der Waals surface area contributed by atoms with Gasteiger partial charge in [-0.3, -0.25) is 4.68 Å². The first-order valence-corrected chi connectivity index (χ1v) is 5.80. The molecule has 0 fully saturated rings. The number of benzene rings is 1. The lowest BCUT2D eigenvalue weighted by molar-refractivity contribution is 0.368. The fourth-order valence-electron chi connectivity index (χ4n) is 1.99. The van der Waals surface area contributed by atoms with Gasteiger partial charge >= 0.3 is 0 Å². The fraction of sp³-hybridized carbons (Fsp3) is 0.462. The average Bonchev–Trinajstić information content (AvgIpc) is 2.69. The number of aromatic nitrogens is 2. The highest BCUT2D eigenvalue weighted by molar-refractivity contribution is 5.78. The van der Waals surface area contributed by atoms with E-state index in [0.29, 0.717) is 12.0 Å². The number of rotatable bonds is 4. The minimum atomic E-state index is 0.461. The highest BCUT2D eigenvalue weighted by atomic mass is 15.3. The molecular formula is C13H19N3. The summed E-state index contributed by atoms with van der Waals surface area (Å²) in [4.78, 5) is 0. The van der Waals surface area contributed by atoms with Crippen molar-refractivity contribution in [2.75, 3.05) is 7.05 Å². The molecule has 1 N–H and O–H groups in total. The van der Waals surface area contributed by atoms with Crippen LogP contribution in [0.15, 0.2) is 30.5 Å². The van der Waals surface area contributed by atoms with E-state index in [0.717, 1.165) is 6.54 Å². The van der Waals surface area contributed by atoms with Crippen molar-refractivity contribution in [2.24, 2.45) is 5.92 Å². The maximum absolute atomic E-state index is 4.44. The maximum Gasteiger partial charge on any atom is 0.0683 e. The highest BCUT2D eigenvalue weighted by Crippen LogP contribution is 2.14. The molecule has 3 nitrogen and oxygen atoms in total. The van der Waals surface area contributed by atoms with Crippen molar-refractivity contribution < 1.29 is 0 Å². The van der Waals surface area contributed by atoms with Crippen LogP contribution in [0.25, 0.3) is 10.9 Å². The van der Waals surface area contributed by atoms with Gasteiger partial charge in [-0.25, -0.2) is 0 Å². The summed E-state index contributed by atoms with van der Waals surface area (Å²) in [6.45, 7) is 5.38. The zero-order chi connectivity index (χ0) is 11.5. The summed E-state index contributed by atoms with van der Waals surface area (Å²) in [5.41, 5.74) is 1.21. The van der Waals surface area contributed by atoms with E-state index in [2.05, 4.69) is 47.1 Å². The zero-order valence-electron chi connectivity index (χ0n) is 10.1. The Kier molecular flexibility index (Phi) is 3.25. The van der Waals surface area contributed by atoms with Gasteiger partial charge in [0.05, 0.1) is 18.3 Å². The van der Waals surface area contributed by atoms with Crippen LogP contribution >= 0.6 is 0 Å². The lowest BCUT2D eigenvalue weighted by Gasteiger charge is -2.20. The summed E-state index contributed by atoms with van der Waals surface area (Å²) < 4.78 is 2.08. The minimum Gasteiger partial charge on any atom is -0.315 e. The van der Waals surface area contributed by atoms with Gasteiger partial charge in [0.1, 0.15) is 0 Å². The summed E-state index contributed by atoms with van der Waals surface area (Å²) in [5, 5.41) is 9.00. The van der Waals surface area contributed by atoms with Gasteiger partial charge in [-0.05, 0) is 19.0 Å². The molecule has 0 aliphatic carbocycles. The molecule has 0 saturated heterocycles. The average molecular weight is 217 g/mol. The number of nitrogens with zero attached hydrogens (tertiary/aromatic N) is 2. The summed E-state index contributed by atoms with van der Waals surface area (Å²) in [6, 6.07) is 8.79. The molecule has 16 heavy (non-hydrogen) atoms. The monoisotopic (exact) mass is 217 g/mol. The van der Waals surface area contributed by atoms with Crippen LogP contribution in [0, 0.1) is 5.92 Å². The van der Waals surface area contributed by atoms with Gasteiger partial charge in [0.25, 0.3) is 0 Å². The third kappa shape index (κ3) is 2.09. The molecule has 0 spiro atoms. The standard InChI is InChI=1S/C13H19N3/c1-10(2)12(14-3)9-16-13-7-5-4-6-11(13)8-15-16/h4-8,10,12,14H,9H2,1-3H3. The molecule has 0 amide bonds. The van der Waals surface area contributed by atoms with Gasteiger partial charge in [-0.15, -0.1) is 0 Å². The molecule has 0 radical (unpaired) electrons. The Labute approximate surface area is 96.5 Å². The lowest BCUT2D eigenvalue weighted by Crippen LogP contribution is -2.35. The molecule has 0 saturated carbocycles. The van der Waals surface area contributed by atoms with E-state index < -0.39 is 0 Å². The number of likely N-dealkylation sites (N-methyl/N-ethyl adjacent to an activating group) is 1. The molecule has 1 aromatic carbocycles. The molecule has 1 atom stereocenters. The normalized spacial score (nSPS) is 13.5. The largest absolute Gasteiger partial charge is 0.315 e. The van der Waals surface area contributed by atoms with Gasteiger partial charge in [-0.2, -0.15) is 5.10 Å². The number of nitrogens with one attached hydrogen (secondary N) is 1. The topological polar surface area (TPSA) is 29.9 Å². The van der Waals surface area contributed by atoms with E-state index in [-0.39, 0.29) is 0 Å². The van der Waals surface area contributed by atoms with Crippen molar-refractivity contribution in [3.63, 3.8) is 0 Å². The van der Waals surface area contributed by atoms with Gasteiger partial charge in [0, 0.05) is 11.4 Å². The smallest absolute Gasteiger partial charge is 0.0683 e. The Bertz CT molecular complexity index is 459. The van der Waals surface area contributed by atoms with E-state index in [1.54, 1.807) is 0 Å². The molecule has 0 aliphatic rings. The molecule has 1 unspecified atom stereocenters. The Morgan fingerprint density at radius 3 is 2.75 bits per heavy atom. The van der Waals surface area contributed by atoms with E-state index in [1.165, 1.54) is 10.9 Å². The van der Waals surface area contributed by atoms with Gasteiger partial charge in [0.15, 0.2) is 0 Å².